The molecule has 0 N–H and O–H groups in total. The van der Waals surface area contributed by atoms with Crippen LogP contribution in [-0.2, 0) is 5.75 Å². The van der Waals surface area contributed by atoms with Gasteiger partial charge in [-0.25, -0.2) is 4.98 Å². The monoisotopic (exact) mass is 263 g/mol. The molecule has 2 aromatic rings. The van der Waals surface area contributed by atoms with E-state index in [1.54, 1.807) is 35.4 Å². The topological polar surface area (TPSA) is 47.2 Å². The molecule has 6 heteroatoms. The molecule has 0 fully saturated rings. The molecule has 4 nitrogen and oxygen atoms in total. The van der Waals surface area contributed by atoms with Crippen LogP contribution in [0.5, 0.6) is 0 Å². The van der Waals surface area contributed by atoms with Crippen molar-refractivity contribution >= 4 is 34.0 Å². The molecule has 2 rings (SSSR count). The van der Waals surface area contributed by atoms with Gasteiger partial charge >= 0.3 is 0 Å². The van der Waals surface area contributed by atoms with E-state index in [-0.39, 0.29) is 0 Å². The maximum Gasteiger partial charge on any atom is 0.146 e. The summed E-state index contributed by atoms with van der Waals surface area (Å²) in [4.78, 5) is 14.5. The molecular weight excluding hydrogens is 254 g/mol. The summed E-state index contributed by atoms with van der Waals surface area (Å²) in [6.07, 6.45) is 5.12. The van der Waals surface area contributed by atoms with Crippen molar-refractivity contribution in [3.05, 3.63) is 53.5 Å². The number of benzene rings is 1. The fourth-order valence-electron chi connectivity index (χ4n) is 1.30. The molecule has 0 saturated heterocycles. The zero-order chi connectivity index (χ0) is 12.1. The van der Waals surface area contributed by atoms with Crippen LogP contribution in [0.2, 0.25) is 0 Å². The van der Waals surface area contributed by atoms with Crippen molar-refractivity contribution < 1.29 is 0 Å². The molecule has 1 heterocycles. The fraction of sp³-hybridized carbons (Fsp3) is 0.0909. The number of hydrogen-bond donors (Lipinski definition) is 0. The number of thioether (sulfide) groups is 1. The highest BCUT2D eigenvalue weighted by atomic mass is 32.2. The summed E-state index contributed by atoms with van der Waals surface area (Å²) < 4.78 is 2.46. The van der Waals surface area contributed by atoms with Crippen LogP contribution in [0, 0.1) is 4.91 Å². The molecule has 0 aliphatic carbocycles. The van der Waals surface area contributed by atoms with E-state index < -0.39 is 0 Å². The van der Waals surface area contributed by atoms with E-state index in [2.05, 4.69) is 10.2 Å². The minimum atomic E-state index is 0.466. The Bertz CT molecular complexity index is 525. The Morgan fingerprint density at radius 2 is 2.29 bits per heavy atom. The van der Waals surface area contributed by atoms with E-state index in [1.807, 2.05) is 12.1 Å². The highest BCUT2D eigenvalue weighted by Crippen LogP contribution is 2.24. The van der Waals surface area contributed by atoms with E-state index in [1.165, 1.54) is 11.8 Å². The Morgan fingerprint density at radius 3 is 3.00 bits per heavy atom. The third-order valence-electron chi connectivity index (χ3n) is 2.16. The Hall–Kier alpha value is -1.53. The number of aromatic nitrogens is 2. The molecule has 0 aliphatic heterocycles. The Morgan fingerprint density at radius 1 is 1.47 bits per heavy atom. The highest BCUT2D eigenvalue weighted by molar-refractivity contribution is 8.22. The van der Waals surface area contributed by atoms with Crippen LogP contribution in [0.1, 0.15) is 5.56 Å². The van der Waals surface area contributed by atoms with Crippen molar-refractivity contribution in [2.75, 3.05) is 0 Å². The molecule has 0 radical (unpaired) electrons. The van der Waals surface area contributed by atoms with Gasteiger partial charge in [0.15, 0.2) is 0 Å². The first kappa shape index (κ1) is 11.9. The summed E-state index contributed by atoms with van der Waals surface area (Å²) >= 11 is 6.70. The van der Waals surface area contributed by atoms with Crippen molar-refractivity contribution in [2.45, 2.75) is 5.75 Å². The van der Waals surface area contributed by atoms with Crippen LogP contribution in [0.25, 0.3) is 0 Å². The lowest BCUT2D eigenvalue weighted by molar-refractivity contribution is 1.18. The van der Waals surface area contributed by atoms with Gasteiger partial charge < -0.3 is 0 Å². The van der Waals surface area contributed by atoms with Gasteiger partial charge in [-0.2, -0.15) is 0 Å². The maximum absolute atomic E-state index is 10.6. The molecular formula is C11H9N3OS2. The predicted octanol–water partition coefficient (Wildman–Crippen LogP) is 3.35. The van der Waals surface area contributed by atoms with Gasteiger partial charge in [-0.05, 0) is 16.8 Å². The van der Waals surface area contributed by atoms with Gasteiger partial charge in [-0.15, -0.1) is 4.91 Å². The summed E-state index contributed by atoms with van der Waals surface area (Å²) in [7, 11) is 0. The first-order valence-corrected chi connectivity index (χ1v) is 6.27. The molecule has 0 atom stereocenters. The molecule has 1 aromatic carbocycles. The number of nitrogens with zero attached hydrogens (tertiary/aromatic N) is 3. The first-order valence-electron chi connectivity index (χ1n) is 4.87. The van der Waals surface area contributed by atoms with Gasteiger partial charge in [0.25, 0.3) is 0 Å². The second-order valence-corrected chi connectivity index (χ2v) is 4.85. The van der Waals surface area contributed by atoms with Crippen molar-refractivity contribution in [2.24, 2.45) is 5.18 Å². The van der Waals surface area contributed by atoms with E-state index in [0.29, 0.717) is 15.8 Å². The van der Waals surface area contributed by atoms with Crippen LogP contribution in [0.15, 0.2) is 48.2 Å². The first-order chi connectivity index (χ1) is 8.31. The van der Waals surface area contributed by atoms with E-state index >= 15 is 0 Å². The average molecular weight is 263 g/mol. The number of nitroso groups, excluding NO2 is 1. The summed E-state index contributed by atoms with van der Waals surface area (Å²) in [5.41, 5.74) is 1.35. The van der Waals surface area contributed by atoms with Gasteiger partial charge in [0, 0.05) is 18.1 Å². The summed E-state index contributed by atoms with van der Waals surface area (Å²) in [5.74, 6) is 0.624. The minimum absolute atomic E-state index is 0.466. The quantitative estimate of drug-likeness (QED) is 0.629. The standard InChI is InChI=1S/C11H9N3OS2/c15-13-10-4-2-1-3-9(10)7-17-11(16)14-6-5-12-8-14/h1-6,8H,7H2. The van der Waals surface area contributed by atoms with Crippen LogP contribution in [-0.4, -0.2) is 13.9 Å². The van der Waals surface area contributed by atoms with Gasteiger partial charge in [-0.1, -0.05) is 42.2 Å². The zero-order valence-corrected chi connectivity index (χ0v) is 10.4. The van der Waals surface area contributed by atoms with Gasteiger partial charge in [0.05, 0.1) is 0 Å². The van der Waals surface area contributed by atoms with Gasteiger partial charge in [-0.3, -0.25) is 4.57 Å². The Kier molecular flexibility index (Phi) is 4.00. The van der Waals surface area contributed by atoms with E-state index in [4.69, 9.17) is 12.2 Å². The van der Waals surface area contributed by atoms with Crippen molar-refractivity contribution in [1.29, 1.82) is 0 Å². The second kappa shape index (κ2) is 5.70. The number of rotatable bonds is 3. The smallest absolute Gasteiger partial charge is 0.146 e. The molecule has 0 spiro atoms. The van der Waals surface area contributed by atoms with Crippen LogP contribution in [0.3, 0.4) is 0 Å². The van der Waals surface area contributed by atoms with Gasteiger partial charge in [0.2, 0.25) is 0 Å². The molecule has 0 bridgehead atoms. The van der Waals surface area contributed by atoms with E-state index in [9.17, 15) is 4.91 Å². The normalized spacial score (nSPS) is 10.1. The fourth-order valence-corrected chi connectivity index (χ4v) is 2.37. The van der Waals surface area contributed by atoms with Crippen LogP contribution in [0.4, 0.5) is 5.69 Å². The molecule has 0 amide bonds. The van der Waals surface area contributed by atoms with Crippen molar-refractivity contribution in [3.8, 4) is 0 Å². The lowest BCUT2D eigenvalue weighted by Gasteiger charge is -2.05. The van der Waals surface area contributed by atoms with Crippen LogP contribution >= 0.6 is 24.0 Å². The summed E-state index contributed by atoms with van der Waals surface area (Å²) in [5, 5.41) is 2.99. The van der Waals surface area contributed by atoms with E-state index in [0.717, 1.165) is 5.56 Å². The lowest BCUT2D eigenvalue weighted by Crippen LogP contribution is -2.01. The SMILES string of the molecule is O=Nc1ccccc1CSC(=S)n1ccnc1. The average Bonchev–Trinajstić information content (AvgIpc) is 2.90. The van der Waals surface area contributed by atoms with Crippen LogP contribution < -0.4 is 0 Å². The molecule has 0 aliphatic rings. The van der Waals surface area contributed by atoms with Crippen molar-refractivity contribution in [3.63, 3.8) is 0 Å². The Labute approximate surface area is 108 Å². The van der Waals surface area contributed by atoms with Crippen molar-refractivity contribution in [1.82, 2.24) is 9.55 Å². The summed E-state index contributed by atoms with van der Waals surface area (Å²) in [6.45, 7) is 0. The number of thiocarbonyl (C=S) groups is 1. The number of hydrogen-bond acceptors (Lipinski definition) is 5. The molecule has 1 aromatic heterocycles. The zero-order valence-electron chi connectivity index (χ0n) is 8.81. The third-order valence-corrected chi connectivity index (χ3v) is 3.63. The number of imidazole rings is 1. The maximum atomic E-state index is 10.6. The molecule has 0 unspecified atom stereocenters. The lowest BCUT2D eigenvalue weighted by atomic mass is 10.2. The molecule has 17 heavy (non-hydrogen) atoms. The largest absolute Gasteiger partial charge is 0.291 e. The summed E-state index contributed by atoms with van der Waals surface area (Å²) in [6, 6.07) is 7.24. The second-order valence-electron chi connectivity index (χ2n) is 3.24. The predicted molar refractivity (Wildman–Crippen MR) is 73.4 cm³/mol. The minimum Gasteiger partial charge on any atom is -0.291 e. The Balaban J connectivity index is 2.03. The molecule has 0 saturated carbocycles. The van der Waals surface area contributed by atoms with Gasteiger partial charge in [0.1, 0.15) is 16.3 Å². The molecule has 86 valence electrons. The highest BCUT2D eigenvalue weighted by Gasteiger charge is 2.05. The third kappa shape index (κ3) is 2.98.